The first-order chi connectivity index (χ1) is 14.0. The molecule has 160 valence electrons. The van der Waals surface area contributed by atoms with E-state index in [4.69, 9.17) is 0 Å². The fraction of sp³-hybridized carbons (Fsp3) is 0.385. The van der Waals surface area contributed by atoms with Crippen LogP contribution in [0.2, 0.25) is 37.3 Å². The van der Waals surface area contributed by atoms with E-state index in [0.29, 0.717) is 5.59 Å². The summed E-state index contributed by atoms with van der Waals surface area (Å²) in [6.07, 6.45) is 13.6. The van der Waals surface area contributed by atoms with Gasteiger partial charge in [-0.15, -0.1) is 0 Å². The van der Waals surface area contributed by atoms with E-state index in [1.807, 2.05) is 0 Å². The molecule has 2 aromatic carbocycles. The van der Waals surface area contributed by atoms with E-state index in [1.54, 1.807) is 46.4 Å². The molecule has 2 fully saturated rings. The maximum atomic E-state index is 2.79. The summed E-state index contributed by atoms with van der Waals surface area (Å²) < 4.78 is 1.02. The maximum absolute atomic E-state index is 2.79. The summed E-state index contributed by atoms with van der Waals surface area (Å²) in [5.74, 6) is 0. The summed E-state index contributed by atoms with van der Waals surface area (Å²) in [4.78, 5) is 0. The third-order valence-electron chi connectivity index (χ3n) is 9.01. The number of allylic oxidation sites excluding steroid dienone is 2. The van der Waals surface area contributed by atoms with Crippen LogP contribution in [0.4, 0.5) is 0 Å². The van der Waals surface area contributed by atoms with Gasteiger partial charge >= 0.3 is 190 Å². The largest absolute Gasteiger partial charge is 1.00 e. The molecule has 5 heteroatoms. The van der Waals surface area contributed by atoms with Crippen LogP contribution in [0.15, 0.2) is 60.7 Å². The molecule has 0 saturated carbocycles. The molecule has 0 aromatic heterocycles. The average Bonchev–Trinajstić information content (AvgIpc) is 3.26. The fourth-order valence-corrected chi connectivity index (χ4v) is 36.6. The second-order valence-electron chi connectivity index (χ2n) is 10.4. The predicted octanol–water partition coefficient (Wildman–Crippen LogP) is 0.965. The standard InChI is InChI=1S/2C13H15Si.2ClH.Hf/c2*1-14(9-4-10-14)13-8-7-11-5-2-3-6-12(11)13;;;/h2*2-3,5-8H,4,9-10H2,1H3;2*1H;/q;;;;+2/p-2. The van der Waals surface area contributed by atoms with Gasteiger partial charge in [0.15, 0.2) is 0 Å². The van der Waals surface area contributed by atoms with Gasteiger partial charge in [0.2, 0.25) is 0 Å². The first-order valence-electron chi connectivity index (χ1n) is 11.4. The van der Waals surface area contributed by atoms with Gasteiger partial charge in [0.25, 0.3) is 0 Å². The van der Waals surface area contributed by atoms with Crippen molar-refractivity contribution in [3.8, 4) is 0 Å². The zero-order chi connectivity index (χ0) is 19.7. The molecule has 0 bridgehead atoms. The Morgan fingerprint density at radius 3 is 1.39 bits per heavy atom. The van der Waals surface area contributed by atoms with Crippen LogP contribution in [-0.4, -0.2) is 16.1 Å². The molecule has 0 radical (unpaired) electrons. The van der Waals surface area contributed by atoms with Gasteiger partial charge in [0.1, 0.15) is 0 Å². The fourth-order valence-electron chi connectivity index (χ4n) is 6.70. The Labute approximate surface area is 213 Å². The molecule has 6 rings (SSSR count). The van der Waals surface area contributed by atoms with Crippen molar-refractivity contribution in [1.29, 1.82) is 0 Å². The summed E-state index contributed by atoms with van der Waals surface area (Å²) in [5.41, 5.74) is 6.61. The first kappa shape index (κ1) is 23.9. The van der Waals surface area contributed by atoms with Gasteiger partial charge in [-0.05, 0) is 0 Å². The van der Waals surface area contributed by atoms with Crippen LogP contribution < -0.4 is 24.8 Å². The number of halogens is 2. The number of hydrogen-bond donors (Lipinski definition) is 0. The zero-order valence-electron chi connectivity index (χ0n) is 18.4. The van der Waals surface area contributed by atoms with E-state index < -0.39 is 39.1 Å². The van der Waals surface area contributed by atoms with Gasteiger partial charge in [-0.1, -0.05) is 0 Å². The zero-order valence-corrected chi connectivity index (χ0v) is 25.5. The second kappa shape index (κ2) is 8.23. The van der Waals surface area contributed by atoms with Crippen LogP contribution in [-0.2, 0) is 28.5 Å². The predicted molar refractivity (Wildman–Crippen MR) is 126 cm³/mol. The van der Waals surface area contributed by atoms with Gasteiger partial charge in [-0.2, -0.15) is 0 Å². The van der Waals surface area contributed by atoms with Crippen molar-refractivity contribution in [2.24, 2.45) is 0 Å². The third-order valence-corrected chi connectivity index (χ3v) is 40.5. The molecule has 2 aliphatic carbocycles. The third kappa shape index (κ3) is 3.13. The van der Waals surface area contributed by atoms with Crippen molar-refractivity contribution in [2.75, 3.05) is 0 Å². The molecule has 2 unspecified atom stereocenters. The average molecular weight is 648 g/mol. The molecule has 2 heterocycles. The Bertz CT molecular complexity index is 973. The summed E-state index contributed by atoms with van der Waals surface area (Å²) >= 11 is -1.16. The van der Waals surface area contributed by atoms with Crippen LogP contribution in [0.1, 0.15) is 35.1 Å². The van der Waals surface area contributed by atoms with Crippen LogP contribution in [0, 0.1) is 0 Å². The Hall–Kier alpha value is -0.196. The van der Waals surface area contributed by atoms with Gasteiger partial charge in [-0.25, -0.2) is 0 Å². The molecule has 2 aromatic rings. The molecule has 2 atom stereocenters. The normalized spacial score (nSPS) is 30.0. The molecule has 0 N–H and O–H groups in total. The molecule has 2 saturated heterocycles. The van der Waals surface area contributed by atoms with Gasteiger partial charge in [-0.3, -0.25) is 0 Å². The van der Waals surface area contributed by atoms with E-state index in [-0.39, 0.29) is 24.8 Å². The van der Waals surface area contributed by atoms with Crippen molar-refractivity contribution >= 4 is 28.3 Å². The Morgan fingerprint density at radius 1 is 0.645 bits per heavy atom. The molecule has 0 amide bonds. The van der Waals surface area contributed by atoms with Crippen LogP contribution >= 0.6 is 0 Å². The minimum absolute atomic E-state index is 0. The van der Waals surface area contributed by atoms with E-state index in [1.165, 1.54) is 12.8 Å². The van der Waals surface area contributed by atoms with Crippen molar-refractivity contribution in [2.45, 2.75) is 55.7 Å². The van der Waals surface area contributed by atoms with E-state index in [2.05, 4.69) is 85.9 Å². The van der Waals surface area contributed by atoms with Crippen molar-refractivity contribution in [3.63, 3.8) is 0 Å². The topological polar surface area (TPSA) is 0 Å². The van der Waals surface area contributed by atoms with Crippen molar-refractivity contribution in [3.05, 3.63) is 82.9 Å². The molecule has 2 aliphatic heterocycles. The SMILES string of the molecule is C[Si]1([C]2([Hf+2][C]3([Si]4(C)CCC4)C=Cc4ccccc43)C=Cc3ccccc32)CCC1.[Cl-].[Cl-]. The molecule has 0 nitrogen and oxygen atoms in total. The monoisotopic (exact) mass is 648 g/mol. The Morgan fingerprint density at radius 2 is 1.03 bits per heavy atom. The Balaban J connectivity index is 0.00000116. The smallest absolute Gasteiger partial charge is 1.00 e. The molecule has 31 heavy (non-hydrogen) atoms. The molecular formula is C26H30Cl2HfSi2. The van der Waals surface area contributed by atoms with Gasteiger partial charge < -0.3 is 24.8 Å². The molecule has 0 spiro atoms. The first-order valence-corrected chi connectivity index (χ1v) is 20.8. The quantitative estimate of drug-likeness (QED) is 0.435. The van der Waals surface area contributed by atoms with E-state index in [0.717, 1.165) is 0 Å². The minimum Gasteiger partial charge on any atom is -1.00 e. The van der Waals surface area contributed by atoms with Crippen LogP contribution in [0.3, 0.4) is 0 Å². The Kier molecular flexibility index (Phi) is 6.36. The maximum Gasteiger partial charge on any atom is -1.00 e. The molecule has 4 aliphatic rings. The number of rotatable bonds is 4. The van der Waals surface area contributed by atoms with Gasteiger partial charge in [0.05, 0.1) is 0 Å². The van der Waals surface area contributed by atoms with Crippen molar-refractivity contribution < 1.29 is 47.7 Å². The molecular weight excluding hydrogens is 618 g/mol. The van der Waals surface area contributed by atoms with Crippen LogP contribution in [0.25, 0.3) is 12.2 Å². The van der Waals surface area contributed by atoms with E-state index in [9.17, 15) is 0 Å². The van der Waals surface area contributed by atoms with E-state index >= 15 is 0 Å². The number of benzene rings is 2. The van der Waals surface area contributed by atoms with Crippen LogP contribution in [0.5, 0.6) is 0 Å². The number of hydrogen-bond acceptors (Lipinski definition) is 0. The second-order valence-corrected chi connectivity index (χ2v) is 30.4. The summed E-state index contributed by atoms with van der Waals surface area (Å²) in [6, 6.07) is 25.2. The van der Waals surface area contributed by atoms with Crippen molar-refractivity contribution in [1.82, 2.24) is 0 Å². The van der Waals surface area contributed by atoms with Gasteiger partial charge in [0, 0.05) is 0 Å². The summed E-state index contributed by atoms with van der Waals surface area (Å²) in [5, 5.41) is 0. The summed E-state index contributed by atoms with van der Waals surface area (Å²) in [7, 11) is -2.56. The summed E-state index contributed by atoms with van der Waals surface area (Å²) in [6.45, 7) is 5.55. The number of fused-ring (bicyclic) bond motifs is 2. The minimum atomic E-state index is -1.28.